The third kappa shape index (κ3) is 4.78. The summed E-state index contributed by atoms with van der Waals surface area (Å²) in [6.07, 6.45) is 3.14. The molecule has 2 heterocycles. The summed E-state index contributed by atoms with van der Waals surface area (Å²) in [5.74, 6) is -2.27. The van der Waals surface area contributed by atoms with Gasteiger partial charge in [-0.1, -0.05) is 19.6 Å². The van der Waals surface area contributed by atoms with E-state index in [1.54, 1.807) is 0 Å². The molecule has 150 valence electrons. The fourth-order valence-electron chi connectivity index (χ4n) is 2.54. The van der Waals surface area contributed by atoms with Crippen LogP contribution in [0.4, 0.5) is 14.5 Å². The molecule has 0 amide bonds. The standard InChI is InChI=1S/C18H21F2IN4O2Si/c1-28(2,3)5-4-26-10-25-8-14(21)15-17(25)23-9-24-18(15)27-16-12(19)6-11(22)7-13(16)20/h6-9H,4-5,10,22H2,1-3H3. The van der Waals surface area contributed by atoms with E-state index in [1.807, 2.05) is 10.8 Å². The van der Waals surface area contributed by atoms with E-state index in [0.29, 0.717) is 24.4 Å². The van der Waals surface area contributed by atoms with Crippen LogP contribution in [0.25, 0.3) is 11.0 Å². The van der Waals surface area contributed by atoms with Crippen molar-refractivity contribution in [2.45, 2.75) is 32.4 Å². The lowest BCUT2D eigenvalue weighted by atomic mass is 10.3. The molecule has 0 aliphatic carbocycles. The third-order valence-corrected chi connectivity index (χ3v) is 6.54. The molecule has 0 atom stereocenters. The lowest BCUT2D eigenvalue weighted by molar-refractivity contribution is 0.0898. The van der Waals surface area contributed by atoms with E-state index in [1.165, 1.54) is 6.33 Å². The first-order valence-electron chi connectivity index (χ1n) is 8.65. The summed E-state index contributed by atoms with van der Waals surface area (Å²) in [5, 5.41) is 0.563. The van der Waals surface area contributed by atoms with Crippen molar-refractivity contribution in [3.05, 3.63) is 39.9 Å². The number of halogens is 3. The SMILES string of the molecule is C[Si](C)(C)CCOCn1cc(I)c2c(Oc3c(F)cc(N)cc3F)ncnc21. The average molecular weight is 518 g/mol. The normalized spacial score (nSPS) is 11.9. The second-order valence-electron chi connectivity index (χ2n) is 7.59. The van der Waals surface area contributed by atoms with E-state index in [4.69, 9.17) is 15.2 Å². The number of fused-ring (bicyclic) bond motifs is 1. The summed E-state index contributed by atoms with van der Waals surface area (Å²) >= 11 is 2.11. The number of nitrogens with zero attached hydrogens (tertiary/aromatic N) is 3. The molecule has 3 aromatic rings. The molecular weight excluding hydrogens is 497 g/mol. The summed E-state index contributed by atoms with van der Waals surface area (Å²) in [7, 11) is -1.17. The summed E-state index contributed by atoms with van der Waals surface area (Å²) in [6, 6.07) is 3.06. The maximum atomic E-state index is 14.1. The molecule has 0 aliphatic heterocycles. The Morgan fingerprint density at radius 3 is 2.50 bits per heavy atom. The summed E-state index contributed by atoms with van der Waals surface area (Å²) in [5.41, 5.74) is 5.99. The number of hydrogen-bond donors (Lipinski definition) is 1. The maximum absolute atomic E-state index is 14.1. The summed E-state index contributed by atoms with van der Waals surface area (Å²) < 4.78 is 42.0. The molecule has 0 saturated carbocycles. The van der Waals surface area contributed by atoms with Crippen molar-refractivity contribution in [1.29, 1.82) is 0 Å². The van der Waals surface area contributed by atoms with Crippen molar-refractivity contribution in [1.82, 2.24) is 14.5 Å². The van der Waals surface area contributed by atoms with Gasteiger partial charge in [-0.15, -0.1) is 0 Å². The van der Waals surface area contributed by atoms with Crippen LogP contribution in [0, 0.1) is 15.2 Å². The Morgan fingerprint density at radius 2 is 1.86 bits per heavy atom. The van der Waals surface area contributed by atoms with Gasteiger partial charge in [0, 0.05) is 42.3 Å². The van der Waals surface area contributed by atoms with Crippen LogP contribution in [0.2, 0.25) is 25.7 Å². The molecular formula is C18H21F2IN4O2Si. The van der Waals surface area contributed by atoms with Gasteiger partial charge < -0.3 is 19.8 Å². The lowest BCUT2D eigenvalue weighted by Gasteiger charge is -2.15. The van der Waals surface area contributed by atoms with Crippen LogP contribution in [-0.4, -0.2) is 29.2 Å². The topological polar surface area (TPSA) is 75.2 Å². The molecule has 2 aromatic heterocycles. The number of rotatable bonds is 7. The Morgan fingerprint density at radius 1 is 1.18 bits per heavy atom. The van der Waals surface area contributed by atoms with E-state index in [2.05, 4.69) is 52.2 Å². The molecule has 0 saturated heterocycles. The number of aromatic nitrogens is 3. The van der Waals surface area contributed by atoms with Crippen LogP contribution in [0.3, 0.4) is 0 Å². The van der Waals surface area contributed by atoms with Crippen molar-refractivity contribution in [2.75, 3.05) is 12.3 Å². The van der Waals surface area contributed by atoms with Gasteiger partial charge in [-0.2, -0.15) is 0 Å². The highest BCUT2D eigenvalue weighted by atomic mass is 127. The number of nitrogen functional groups attached to an aromatic ring is 1. The van der Waals surface area contributed by atoms with E-state index in [9.17, 15) is 8.78 Å². The molecule has 3 rings (SSSR count). The van der Waals surface area contributed by atoms with Crippen LogP contribution in [0.15, 0.2) is 24.7 Å². The predicted molar refractivity (Wildman–Crippen MR) is 115 cm³/mol. The van der Waals surface area contributed by atoms with Crippen LogP contribution in [0.1, 0.15) is 0 Å². The van der Waals surface area contributed by atoms with Crippen molar-refractivity contribution in [3.63, 3.8) is 0 Å². The minimum absolute atomic E-state index is 0.0219. The second kappa shape index (κ2) is 8.29. The zero-order chi connectivity index (χ0) is 20.5. The highest BCUT2D eigenvalue weighted by Crippen LogP contribution is 2.34. The average Bonchev–Trinajstić information content (AvgIpc) is 2.91. The minimum Gasteiger partial charge on any atom is -0.432 e. The van der Waals surface area contributed by atoms with E-state index < -0.39 is 25.5 Å². The van der Waals surface area contributed by atoms with E-state index in [-0.39, 0.29) is 11.6 Å². The number of benzene rings is 1. The Labute approximate surface area is 176 Å². The summed E-state index contributed by atoms with van der Waals surface area (Å²) in [4.78, 5) is 8.34. The number of ether oxygens (including phenoxy) is 2. The molecule has 0 bridgehead atoms. The van der Waals surface area contributed by atoms with Crippen LogP contribution in [-0.2, 0) is 11.5 Å². The van der Waals surface area contributed by atoms with Crippen LogP contribution >= 0.6 is 22.6 Å². The van der Waals surface area contributed by atoms with Crippen molar-refractivity contribution < 1.29 is 18.3 Å². The molecule has 0 fully saturated rings. The van der Waals surface area contributed by atoms with Gasteiger partial charge in [0.15, 0.2) is 11.6 Å². The molecule has 0 radical (unpaired) electrons. The molecule has 10 heteroatoms. The molecule has 28 heavy (non-hydrogen) atoms. The van der Waals surface area contributed by atoms with Gasteiger partial charge in [0.05, 0.1) is 5.39 Å². The monoisotopic (exact) mass is 518 g/mol. The smallest absolute Gasteiger partial charge is 0.233 e. The first kappa shape index (κ1) is 20.9. The highest BCUT2D eigenvalue weighted by molar-refractivity contribution is 14.1. The number of anilines is 1. The Bertz CT molecular complexity index is 984. The van der Waals surface area contributed by atoms with Gasteiger partial charge >= 0.3 is 0 Å². The van der Waals surface area contributed by atoms with Crippen LogP contribution in [0.5, 0.6) is 11.6 Å². The van der Waals surface area contributed by atoms with Gasteiger partial charge in [-0.05, 0) is 28.6 Å². The predicted octanol–water partition coefficient (Wildman–Crippen LogP) is 5.00. The van der Waals surface area contributed by atoms with E-state index >= 15 is 0 Å². The number of nitrogens with two attached hydrogens (primary N) is 1. The van der Waals surface area contributed by atoms with Crippen LogP contribution < -0.4 is 10.5 Å². The van der Waals surface area contributed by atoms with Crippen molar-refractivity contribution in [2.24, 2.45) is 0 Å². The molecule has 1 aromatic carbocycles. The Balaban J connectivity index is 1.87. The maximum Gasteiger partial charge on any atom is 0.233 e. The second-order valence-corrected chi connectivity index (χ2v) is 14.4. The summed E-state index contributed by atoms with van der Waals surface area (Å²) in [6.45, 7) is 7.86. The Kier molecular flexibility index (Phi) is 6.20. The molecule has 0 aliphatic rings. The zero-order valence-electron chi connectivity index (χ0n) is 15.8. The van der Waals surface area contributed by atoms with E-state index in [0.717, 1.165) is 21.7 Å². The fourth-order valence-corrected chi connectivity index (χ4v) is 4.11. The van der Waals surface area contributed by atoms with Crippen molar-refractivity contribution >= 4 is 47.4 Å². The molecule has 2 N–H and O–H groups in total. The van der Waals surface area contributed by atoms with Gasteiger partial charge in [-0.25, -0.2) is 18.7 Å². The zero-order valence-corrected chi connectivity index (χ0v) is 19.0. The quantitative estimate of drug-likeness (QED) is 0.206. The van der Waals surface area contributed by atoms with Gasteiger partial charge in [0.1, 0.15) is 18.7 Å². The highest BCUT2D eigenvalue weighted by Gasteiger charge is 2.19. The minimum atomic E-state index is -1.17. The van der Waals surface area contributed by atoms with Gasteiger partial charge in [0.2, 0.25) is 11.6 Å². The Hall–Kier alpha value is -1.79. The molecule has 6 nitrogen and oxygen atoms in total. The van der Waals surface area contributed by atoms with Crippen molar-refractivity contribution in [3.8, 4) is 11.6 Å². The number of hydrogen-bond acceptors (Lipinski definition) is 5. The first-order valence-corrected chi connectivity index (χ1v) is 13.4. The largest absolute Gasteiger partial charge is 0.432 e. The van der Waals surface area contributed by atoms with Gasteiger partial charge in [-0.3, -0.25) is 0 Å². The molecule has 0 spiro atoms. The first-order chi connectivity index (χ1) is 13.2. The fraction of sp³-hybridized carbons (Fsp3) is 0.333. The molecule has 0 unspecified atom stereocenters. The van der Waals surface area contributed by atoms with Gasteiger partial charge in [0.25, 0.3) is 0 Å². The lowest BCUT2D eigenvalue weighted by Crippen LogP contribution is -2.22. The third-order valence-electron chi connectivity index (χ3n) is 4.02.